The Morgan fingerprint density at radius 3 is 2.62 bits per heavy atom. The molecule has 5 N–H and O–H groups in total. The number of imidazole rings is 1. The van der Waals surface area contributed by atoms with Gasteiger partial charge in [-0.1, -0.05) is 43.2 Å². The molecule has 0 radical (unpaired) electrons. The van der Waals surface area contributed by atoms with Crippen LogP contribution in [0.1, 0.15) is 38.1 Å². The second kappa shape index (κ2) is 12.7. The zero-order valence-corrected chi connectivity index (χ0v) is 22.6. The number of rotatable bonds is 12. The Kier molecular flexibility index (Phi) is 8.87. The van der Waals surface area contributed by atoms with Crippen LogP contribution in [0.2, 0.25) is 0 Å². The highest BCUT2D eigenvalue weighted by molar-refractivity contribution is 5.99. The zero-order chi connectivity index (χ0) is 29.7. The van der Waals surface area contributed by atoms with Crippen molar-refractivity contribution in [2.45, 2.75) is 50.4 Å². The van der Waals surface area contributed by atoms with Crippen LogP contribution >= 0.6 is 0 Å². The van der Waals surface area contributed by atoms with Gasteiger partial charge in [0.1, 0.15) is 18.2 Å². The first kappa shape index (κ1) is 29.3. The molecular formula is C27H31F3N8O4. The Bertz CT molecular complexity index is 1500. The summed E-state index contributed by atoms with van der Waals surface area (Å²) in [5.41, 5.74) is 10.4. The first-order valence-corrected chi connectivity index (χ1v) is 13.7. The smallest absolute Gasteiger partial charge is 0.456 e. The number of nitrogens with two attached hydrogens (primary N) is 1. The molecule has 1 aromatic carbocycles. The number of nitrogens with one attached hydrogen (secondary N) is 2. The van der Waals surface area contributed by atoms with Crippen LogP contribution in [0.3, 0.4) is 0 Å². The maximum Gasteiger partial charge on any atom is 0.490 e. The van der Waals surface area contributed by atoms with E-state index in [0.29, 0.717) is 42.2 Å². The van der Waals surface area contributed by atoms with Crippen molar-refractivity contribution in [2.24, 2.45) is 0 Å². The van der Waals surface area contributed by atoms with E-state index in [-0.39, 0.29) is 18.4 Å². The average Bonchev–Trinajstić information content (AvgIpc) is 3.73. The molecular weight excluding hydrogens is 557 g/mol. The van der Waals surface area contributed by atoms with Gasteiger partial charge in [0.15, 0.2) is 17.3 Å². The van der Waals surface area contributed by atoms with E-state index in [1.165, 1.54) is 0 Å². The molecule has 12 nitrogen and oxygen atoms in total. The summed E-state index contributed by atoms with van der Waals surface area (Å²) in [6, 6.07) is 9.92. The Labute approximate surface area is 238 Å². The lowest BCUT2D eigenvalue weighted by Gasteiger charge is -2.18. The number of esters is 1. The van der Waals surface area contributed by atoms with Gasteiger partial charge in [0, 0.05) is 24.7 Å². The molecule has 1 fully saturated rings. The van der Waals surface area contributed by atoms with Gasteiger partial charge in [-0.3, -0.25) is 4.98 Å². The molecule has 224 valence electrons. The quantitative estimate of drug-likeness (QED) is 0.141. The molecule has 0 bridgehead atoms. The van der Waals surface area contributed by atoms with Gasteiger partial charge in [-0.2, -0.15) is 13.2 Å². The molecule has 0 aliphatic heterocycles. The summed E-state index contributed by atoms with van der Waals surface area (Å²) >= 11 is 0. The summed E-state index contributed by atoms with van der Waals surface area (Å²) in [5, 5.41) is 24.0. The van der Waals surface area contributed by atoms with Gasteiger partial charge in [-0.15, -0.1) is 0 Å². The van der Waals surface area contributed by atoms with Gasteiger partial charge in [0.05, 0.1) is 23.1 Å². The summed E-state index contributed by atoms with van der Waals surface area (Å²) < 4.78 is 47.8. The van der Waals surface area contributed by atoms with Gasteiger partial charge in [-0.25, -0.2) is 14.4 Å². The molecule has 5 rings (SSSR count). The third kappa shape index (κ3) is 6.46. The lowest BCUT2D eigenvalue weighted by atomic mass is 10.1. The predicted molar refractivity (Wildman–Crippen MR) is 147 cm³/mol. The highest BCUT2D eigenvalue weighted by Crippen LogP contribution is 2.41. The highest BCUT2D eigenvalue weighted by atomic mass is 19.4. The molecule has 0 saturated heterocycles. The van der Waals surface area contributed by atoms with Crippen LogP contribution < -0.4 is 16.4 Å². The van der Waals surface area contributed by atoms with Gasteiger partial charge in [-0.05, 0) is 36.1 Å². The van der Waals surface area contributed by atoms with E-state index in [9.17, 15) is 23.1 Å². The van der Waals surface area contributed by atoms with E-state index in [4.69, 9.17) is 20.3 Å². The maximum atomic E-state index is 12.2. The van der Waals surface area contributed by atoms with Crippen LogP contribution in [-0.2, 0) is 9.53 Å². The molecule has 3 heterocycles. The number of benzene rings is 1. The standard InChI is InChI=1S/C27H31F3N8O4/c28-27(29,30)26(40)41-15-18(39)13-32-11-6-12-33-19-14-34-20(16-7-2-1-3-8-16)21-23(19)38(17-9-4-5-10-17)25(35-21)22-24(31)37-42-36-22/h1-3,7-8,14,17-18,32-33,39H,4-6,9-13,15H2,(H2,31,37)/t18-/m0/s1. The summed E-state index contributed by atoms with van der Waals surface area (Å²) in [7, 11) is 0. The lowest BCUT2D eigenvalue weighted by Crippen LogP contribution is -2.34. The topological polar surface area (TPSA) is 166 Å². The number of alkyl halides is 3. The van der Waals surface area contributed by atoms with Crippen molar-refractivity contribution in [3.8, 4) is 22.8 Å². The molecule has 1 aliphatic carbocycles. The van der Waals surface area contributed by atoms with E-state index >= 15 is 0 Å². The van der Waals surface area contributed by atoms with Crippen molar-refractivity contribution in [1.29, 1.82) is 0 Å². The van der Waals surface area contributed by atoms with Gasteiger partial charge in [0.2, 0.25) is 0 Å². The second-order valence-corrected chi connectivity index (χ2v) is 10.1. The minimum Gasteiger partial charge on any atom is -0.456 e. The number of hydrogen-bond donors (Lipinski definition) is 4. The monoisotopic (exact) mass is 588 g/mol. The van der Waals surface area contributed by atoms with Crippen LogP contribution in [0.15, 0.2) is 41.2 Å². The lowest BCUT2D eigenvalue weighted by molar-refractivity contribution is -0.201. The van der Waals surface area contributed by atoms with Gasteiger partial charge < -0.3 is 30.8 Å². The number of nitrogens with zero attached hydrogens (tertiary/aromatic N) is 5. The Balaban J connectivity index is 1.34. The number of halogens is 3. The number of anilines is 2. The average molecular weight is 589 g/mol. The van der Waals surface area contributed by atoms with Crippen molar-refractivity contribution in [3.05, 3.63) is 36.5 Å². The minimum absolute atomic E-state index is 0.0340. The molecule has 0 spiro atoms. The minimum atomic E-state index is -5.09. The first-order valence-electron chi connectivity index (χ1n) is 13.7. The first-order chi connectivity index (χ1) is 20.2. The Morgan fingerprint density at radius 2 is 1.93 bits per heavy atom. The third-order valence-corrected chi connectivity index (χ3v) is 7.04. The van der Waals surface area contributed by atoms with Crippen LogP contribution in [0.25, 0.3) is 33.8 Å². The van der Waals surface area contributed by atoms with Crippen LogP contribution in [0.4, 0.5) is 24.7 Å². The number of aliphatic hydroxyl groups is 1. The number of carbonyl (C=O) groups excluding carboxylic acids is 1. The number of hydrogen-bond acceptors (Lipinski definition) is 11. The third-order valence-electron chi connectivity index (χ3n) is 7.04. The van der Waals surface area contributed by atoms with Crippen molar-refractivity contribution in [3.63, 3.8) is 0 Å². The zero-order valence-electron chi connectivity index (χ0n) is 22.6. The molecule has 0 amide bonds. The predicted octanol–water partition coefficient (Wildman–Crippen LogP) is 3.70. The second-order valence-electron chi connectivity index (χ2n) is 10.1. The fraction of sp³-hybridized carbons (Fsp3) is 0.444. The molecule has 15 heteroatoms. The SMILES string of the molecule is Nc1nonc1-c1nc2c(-c3ccccc3)ncc(NCCCNC[C@H](O)COC(=O)C(F)(F)F)c2n1C1CCCC1. The van der Waals surface area contributed by atoms with Crippen molar-refractivity contribution >= 4 is 28.5 Å². The number of carbonyl (C=O) groups is 1. The Hall–Kier alpha value is -4.24. The maximum absolute atomic E-state index is 12.2. The molecule has 0 unspecified atom stereocenters. The largest absolute Gasteiger partial charge is 0.490 e. The molecule has 1 atom stereocenters. The summed E-state index contributed by atoms with van der Waals surface area (Å²) in [6.45, 7) is 0.185. The van der Waals surface area contributed by atoms with Crippen molar-refractivity contribution in [1.82, 2.24) is 30.2 Å². The number of pyridine rings is 1. The summed E-state index contributed by atoms with van der Waals surface area (Å²) in [6.07, 6.45) is 0.138. The van der Waals surface area contributed by atoms with Crippen LogP contribution in [0, 0.1) is 0 Å². The van der Waals surface area contributed by atoms with E-state index in [2.05, 4.69) is 30.3 Å². The summed E-state index contributed by atoms with van der Waals surface area (Å²) in [5.74, 6) is -1.62. The van der Waals surface area contributed by atoms with E-state index in [1.807, 2.05) is 30.3 Å². The normalized spacial score (nSPS) is 14.9. The molecule has 1 saturated carbocycles. The number of aliphatic hydroxyl groups excluding tert-OH is 1. The molecule has 42 heavy (non-hydrogen) atoms. The number of nitrogen functional groups attached to an aromatic ring is 1. The summed E-state index contributed by atoms with van der Waals surface area (Å²) in [4.78, 5) is 20.5. The number of ether oxygens (including phenoxy) is 1. The fourth-order valence-electron chi connectivity index (χ4n) is 5.10. The number of fused-ring (bicyclic) bond motifs is 1. The van der Waals surface area contributed by atoms with Crippen LogP contribution in [0.5, 0.6) is 0 Å². The number of aromatic nitrogens is 5. The van der Waals surface area contributed by atoms with Gasteiger partial charge in [0.25, 0.3) is 0 Å². The van der Waals surface area contributed by atoms with E-state index in [1.54, 1.807) is 6.20 Å². The molecule has 4 aromatic rings. The highest BCUT2D eigenvalue weighted by Gasteiger charge is 2.41. The van der Waals surface area contributed by atoms with E-state index < -0.39 is 24.9 Å². The van der Waals surface area contributed by atoms with Crippen LogP contribution in [-0.4, -0.2) is 74.4 Å². The van der Waals surface area contributed by atoms with Gasteiger partial charge >= 0.3 is 12.1 Å². The van der Waals surface area contributed by atoms with Crippen molar-refractivity contribution < 1.29 is 32.4 Å². The fourth-order valence-corrected chi connectivity index (χ4v) is 5.10. The van der Waals surface area contributed by atoms with E-state index in [0.717, 1.165) is 42.5 Å². The Morgan fingerprint density at radius 1 is 1.17 bits per heavy atom. The molecule has 3 aromatic heterocycles. The molecule has 1 aliphatic rings. The van der Waals surface area contributed by atoms with Crippen molar-refractivity contribution in [2.75, 3.05) is 37.3 Å².